The van der Waals surface area contributed by atoms with Crippen molar-refractivity contribution in [2.75, 3.05) is 20.3 Å². The van der Waals surface area contributed by atoms with Gasteiger partial charge in [-0.2, -0.15) is 19.7 Å². The Labute approximate surface area is 204 Å². The van der Waals surface area contributed by atoms with Gasteiger partial charge in [-0.3, -0.25) is 9.78 Å². The van der Waals surface area contributed by atoms with Crippen LogP contribution in [-0.4, -0.2) is 76.3 Å². The molecule has 0 radical (unpaired) electrons. The number of nitrogens with zero attached hydrogens (tertiary/aromatic N) is 5. The van der Waals surface area contributed by atoms with Gasteiger partial charge in [0.1, 0.15) is 16.6 Å². The number of methoxy groups -OCH3 is 1. The van der Waals surface area contributed by atoms with Crippen molar-refractivity contribution in [3.05, 3.63) is 60.6 Å². The fraction of sp³-hybridized carbons (Fsp3) is 0.417. The van der Waals surface area contributed by atoms with Crippen molar-refractivity contribution < 1.29 is 17.9 Å². The first kappa shape index (κ1) is 23.6. The Morgan fingerprint density at radius 1 is 1.11 bits per heavy atom. The molecule has 1 N–H and O–H groups in total. The number of fused-ring (bicyclic) bond motifs is 2. The van der Waals surface area contributed by atoms with E-state index in [1.54, 1.807) is 30.3 Å². The molecule has 2 fully saturated rings. The SMILES string of the molecule is COC[C@H]1CN(Cc2cn[nH]n2)C(=O)C2CCCC1N2S(=O)(=O)c1ccc(-c2ccccc2)nc1. The lowest BCUT2D eigenvalue weighted by atomic mass is 9.91. The summed E-state index contributed by atoms with van der Waals surface area (Å²) in [4.78, 5) is 19.9. The van der Waals surface area contributed by atoms with E-state index in [0.717, 1.165) is 12.0 Å². The Bertz CT molecular complexity index is 1250. The summed E-state index contributed by atoms with van der Waals surface area (Å²) in [6.45, 7) is 0.995. The minimum atomic E-state index is -3.98. The number of ether oxygens (including phenoxy) is 1. The summed E-state index contributed by atoms with van der Waals surface area (Å²) in [5.41, 5.74) is 2.22. The van der Waals surface area contributed by atoms with E-state index >= 15 is 0 Å². The van der Waals surface area contributed by atoms with Gasteiger partial charge < -0.3 is 9.64 Å². The fourth-order valence-corrected chi connectivity index (χ4v) is 7.02. The number of sulfonamides is 1. The van der Waals surface area contributed by atoms with Crippen LogP contribution in [0.1, 0.15) is 25.0 Å². The molecule has 2 bridgehead atoms. The summed E-state index contributed by atoms with van der Waals surface area (Å²) >= 11 is 0. The molecule has 0 saturated carbocycles. The van der Waals surface area contributed by atoms with Crippen LogP contribution in [0, 0.1) is 5.92 Å². The molecule has 0 spiro atoms. The maximum atomic E-state index is 14.0. The summed E-state index contributed by atoms with van der Waals surface area (Å²) in [6, 6.07) is 11.7. The van der Waals surface area contributed by atoms with Crippen molar-refractivity contribution in [2.45, 2.75) is 42.8 Å². The quantitative estimate of drug-likeness (QED) is 0.531. The Hall–Kier alpha value is -3.15. The maximum absolute atomic E-state index is 14.0. The zero-order valence-corrected chi connectivity index (χ0v) is 20.3. The number of piperidine rings is 1. The number of H-pyrrole nitrogens is 1. The molecule has 1 aromatic carbocycles. The lowest BCUT2D eigenvalue weighted by Crippen LogP contribution is -2.55. The Kier molecular flexibility index (Phi) is 6.63. The second-order valence-corrected chi connectivity index (χ2v) is 10.8. The number of amides is 1. The number of carbonyl (C=O) groups is 1. The Balaban J connectivity index is 1.50. The normalized spacial score (nSPS) is 23.3. The van der Waals surface area contributed by atoms with E-state index in [-0.39, 0.29) is 29.3 Å². The number of aromatic amines is 1. The highest BCUT2D eigenvalue weighted by Gasteiger charge is 2.50. The van der Waals surface area contributed by atoms with E-state index < -0.39 is 16.1 Å². The molecule has 35 heavy (non-hydrogen) atoms. The smallest absolute Gasteiger partial charge is 0.245 e. The third kappa shape index (κ3) is 4.58. The van der Waals surface area contributed by atoms with E-state index in [4.69, 9.17) is 4.74 Å². The highest BCUT2D eigenvalue weighted by atomic mass is 32.2. The molecule has 2 aliphatic rings. The molecule has 184 valence electrons. The van der Waals surface area contributed by atoms with Gasteiger partial charge in [0.05, 0.1) is 25.0 Å². The lowest BCUT2D eigenvalue weighted by Gasteiger charge is -2.40. The molecule has 4 heterocycles. The van der Waals surface area contributed by atoms with Crippen LogP contribution in [0.4, 0.5) is 0 Å². The molecule has 2 aromatic heterocycles. The highest BCUT2D eigenvalue weighted by molar-refractivity contribution is 7.89. The van der Waals surface area contributed by atoms with Gasteiger partial charge >= 0.3 is 0 Å². The van der Waals surface area contributed by atoms with Crippen LogP contribution in [0.3, 0.4) is 0 Å². The molecular formula is C24H28N6O4S. The van der Waals surface area contributed by atoms with Crippen molar-refractivity contribution in [1.82, 2.24) is 29.6 Å². The van der Waals surface area contributed by atoms with E-state index in [1.165, 1.54) is 10.5 Å². The standard InChI is InChI=1S/C24H28N6O4S/c1-34-16-18-14-29(15-19-12-26-28-27-19)24(31)23-9-5-8-22(18)30(23)35(32,33)20-10-11-21(25-13-20)17-6-3-2-4-7-17/h2-4,6-7,10-13,18,22-23H,5,8-9,14-16H2,1H3,(H,26,27,28)/t18-,22?,23?/m1/s1. The molecular weight excluding hydrogens is 468 g/mol. The number of carbonyl (C=O) groups excluding carboxylic acids is 1. The molecule has 2 saturated heterocycles. The van der Waals surface area contributed by atoms with Crippen LogP contribution in [-0.2, 0) is 26.1 Å². The average molecular weight is 497 g/mol. The number of benzene rings is 1. The zero-order chi connectivity index (χ0) is 24.4. The third-order valence-corrected chi connectivity index (χ3v) is 8.70. The van der Waals surface area contributed by atoms with Gasteiger partial charge in [0.25, 0.3) is 0 Å². The topological polar surface area (TPSA) is 121 Å². The van der Waals surface area contributed by atoms with Crippen LogP contribution >= 0.6 is 0 Å². The number of rotatable bonds is 7. The third-order valence-electron chi connectivity index (χ3n) is 6.79. The van der Waals surface area contributed by atoms with E-state index in [2.05, 4.69) is 20.4 Å². The molecule has 2 unspecified atom stereocenters. The van der Waals surface area contributed by atoms with Gasteiger partial charge in [-0.05, 0) is 31.4 Å². The molecule has 3 aromatic rings. The summed E-state index contributed by atoms with van der Waals surface area (Å²) < 4.78 is 34.8. The predicted octanol–water partition coefficient (Wildman–Crippen LogP) is 2.08. The number of nitrogens with one attached hydrogen (secondary N) is 1. The largest absolute Gasteiger partial charge is 0.384 e. The molecule has 2 aliphatic heterocycles. The maximum Gasteiger partial charge on any atom is 0.245 e. The first-order valence-corrected chi connectivity index (χ1v) is 13.1. The summed E-state index contributed by atoms with van der Waals surface area (Å²) in [5.74, 6) is -0.388. The van der Waals surface area contributed by atoms with Gasteiger partial charge in [0.15, 0.2) is 0 Å². The first-order chi connectivity index (χ1) is 17.0. The van der Waals surface area contributed by atoms with Crippen LogP contribution in [0.25, 0.3) is 11.3 Å². The van der Waals surface area contributed by atoms with Crippen LogP contribution in [0.15, 0.2) is 59.8 Å². The molecule has 11 heteroatoms. The lowest BCUT2D eigenvalue weighted by molar-refractivity contribution is -0.135. The minimum absolute atomic E-state index is 0.0861. The molecule has 3 atom stereocenters. The molecule has 5 rings (SSSR count). The summed E-state index contributed by atoms with van der Waals surface area (Å²) in [6.07, 6.45) is 4.88. The van der Waals surface area contributed by atoms with Gasteiger partial charge in [-0.1, -0.05) is 30.3 Å². The second-order valence-electron chi connectivity index (χ2n) is 8.99. The number of pyridine rings is 1. The van der Waals surface area contributed by atoms with Crippen molar-refractivity contribution >= 4 is 15.9 Å². The van der Waals surface area contributed by atoms with Crippen LogP contribution in [0.5, 0.6) is 0 Å². The van der Waals surface area contributed by atoms with Gasteiger partial charge in [0.2, 0.25) is 15.9 Å². The number of hydrogen-bond acceptors (Lipinski definition) is 7. The van der Waals surface area contributed by atoms with Gasteiger partial charge in [0, 0.05) is 37.4 Å². The van der Waals surface area contributed by atoms with Crippen molar-refractivity contribution in [1.29, 1.82) is 0 Å². The van der Waals surface area contributed by atoms with Crippen LogP contribution < -0.4 is 0 Å². The molecule has 1 amide bonds. The zero-order valence-electron chi connectivity index (χ0n) is 19.4. The van der Waals surface area contributed by atoms with E-state index in [1.807, 2.05) is 30.3 Å². The van der Waals surface area contributed by atoms with Gasteiger partial charge in [-0.15, -0.1) is 0 Å². The monoisotopic (exact) mass is 496 g/mol. The predicted molar refractivity (Wildman–Crippen MR) is 127 cm³/mol. The van der Waals surface area contributed by atoms with E-state index in [9.17, 15) is 13.2 Å². The number of hydrogen-bond donors (Lipinski definition) is 1. The molecule has 10 nitrogen and oxygen atoms in total. The van der Waals surface area contributed by atoms with Crippen LogP contribution in [0.2, 0.25) is 0 Å². The summed E-state index contributed by atoms with van der Waals surface area (Å²) in [7, 11) is -2.38. The number of aromatic nitrogens is 4. The first-order valence-electron chi connectivity index (χ1n) is 11.7. The van der Waals surface area contributed by atoms with Crippen molar-refractivity contribution in [3.63, 3.8) is 0 Å². The van der Waals surface area contributed by atoms with E-state index in [0.29, 0.717) is 37.4 Å². The van der Waals surface area contributed by atoms with Gasteiger partial charge in [-0.25, -0.2) is 8.42 Å². The molecule has 0 aliphatic carbocycles. The second kappa shape index (κ2) is 9.84. The fourth-order valence-electron chi connectivity index (χ4n) is 5.18. The van der Waals surface area contributed by atoms with Crippen molar-refractivity contribution in [2.24, 2.45) is 5.92 Å². The van der Waals surface area contributed by atoms with Crippen molar-refractivity contribution in [3.8, 4) is 11.3 Å². The Morgan fingerprint density at radius 3 is 2.63 bits per heavy atom. The minimum Gasteiger partial charge on any atom is -0.384 e. The average Bonchev–Trinajstić information content (AvgIpc) is 3.39. The highest BCUT2D eigenvalue weighted by Crippen LogP contribution is 2.37. The Morgan fingerprint density at radius 2 is 1.94 bits per heavy atom. The summed E-state index contributed by atoms with van der Waals surface area (Å²) in [5, 5.41) is 10.5.